The molecule has 0 aromatic rings. The monoisotopic (exact) mass is 187 g/mol. The highest BCUT2D eigenvalue weighted by molar-refractivity contribution is 5.80. The largest absolute Gasteiger partial charge is 0.464 e. The number of nitrogens with two attached hydrogens (primary N) is 1. The van der Waals surface area contributed by atoms with E-state index in [1.807, 2.05) is 13.8 Å². The van der Waals surface area contributed by atoms with Crippen LogP contribution in [-0.4, -0.2) is 18.1 Å². The highest BCUT2D eigenvalue weighted by Crippen LogP contribution is 2.13. The minimum Gasteiger partial charge on any atom is -0.464 e. The Morgan fingerprint density at radius 3 is 2.23 bits per heavy atom. The lowest BCUT2D eigenvalue weighted by Crippen LogP contribution is -2.48. The molecule has 0 spiro atoms. The summed E-state index contributed by atoms with van der Waals surface area (Å²) in [5.74, 6) is -0.258. The number of carbonyl (C=O) groups is 1. The summed E-state index contributed by atoms with van der Waals surface area (Å²) >= 11 is 0. The molecule has 0 heterocycles. The third-order valence-electron chi connectivity index (χ3n) is 2.40. The summed E-state index contributed by atoms with van der Waals surface area (Å²) < 4.78 is 5.07. The molecule has 3 heteroatoms. The van der Waals surface area contributed by atoms with E-state index in [-0.39, 0.29) is 5.97 Å². The lowest BCUT2D eigenvalue weighted by molar-refractivity contribution is -0.150. The molecule has 2 N–H and O–H groups in total. The molecule has 0 unspecified atom stereocenters. The van der Waals surface area contributed by atoms with Crippen molar-refractivity contribution in [3.8, 4) is 0 Å². The smallest absolute Gasteiger partial charge is 0.326 e. The zero-order valence-corrected chi connectivity index (χ0v) is 8.93. The van der Waals surface area contributed by atoms with Gasteiger partial charge in [-0.15, -0.1) is 0 Å². The Bertz CT molecular complexity index is 153. The molecule has 0 fully saturated rings. The van der Waals surface area contributed by atoms with E-state index in [4.69, 9.17) is 10.5 Å². The molecule has 0 aromatic carbocycles. The van der Waals surface area contributed by atoms with Crippen LogP contribution >= 0.6 is 0 Å². The minimum absolute atomic E-state index is 0.258. The fourth-order valence-corrected chi connectivity index (χ4v) is 0.992. The van der Waals surface area contributed by atoms with Gasteiger partial charge in [0.2, 0.25) is 0 Å². The first-order chi connectivity index (χ1) is 6.10. The molecule has 0 amide bonds. The molecule has 13 heavy (non-hydrogen) atoms. The van der Waals surface area contributed by atoms with Crippen LogP contribution < -0.4 is 5.73 Å². The van der Waals surface area contributed by atoms with Gasteiger partial charge in [-0.05, 0) is 19.3 Å². The summed E-state index contributed by atoms with van der Waals surface area (Å²) in [7, 11) is 0. The Morgan fingerprint density at radius 2 is 1.85 bits per heavy atom. The van der Waals surface area contributed by atoms with E-state index in [1.165, 1.54) is 0 Å². The molecule has 0 aromatic heterocycles. The second kappa shape index (κ2) is 5.97. The van der Waals surface area contributed by atoms with Crippen LogP contribution in [-0.2, 0) is 9.53 Å². The first-order valence-electron chi connectivity index (χ1n) is 5.06. The summed E-state index contributed by atoms with van der Waals surface area (Å²) in [5.41, 5.74) is 5.08. The molecule has 0 saturated heterocycles. The second-order valence-corrected chi connectivity index (χ2v) is 3.35. The predicted octanol–water partition coefficient (Wildman–Crippen LogP) is 1.85. The molecule has 0 rings (SSSR count). The van der Waals surface area contributed by atoms with Crippen molar-refractivity contribution in [3.05, 3.63) is 0 Å². The summed E-state index contributed by atoms with van der Waals surface area (Å²) in [6.45, 7) is 6.37. The normalized spacial score (nSPS) is 11.4. The molecule has 78 valence electrons. The molecule has 0 aliphatic carbocycles. The van der Waals surface area contributed by atoms with E-state index in [0.29, 0.717) is 19.4 Å². The fourth-order valence-electron chi connectivity index (χ4n) is 0.992. The van der Waals surface area contributed by atoms with Crippen LogP contribution in [0.15, 0.2) is 0 Å². The van der Waals surface area contributed by atoms with Crippen LogP contribution in [0.2, 0.25) is 0 Å². The number of hydrogen-bond acceptors (Lipinski definition) is 3. The molecule has 0 aliphatic rings. The van der Waals surface area contributed by atoms with Crippen molar-refractivity contribution in [1.29, 1.82) is 0 Å². The van der Waals surface area contributed by atoms with Gasteiger partial charge in [0.25, 0.3) is 0 Å². The molecule has 0 atom stereocenters. The fraction of sp³-hybridized carbons (Fsp3) is 0.900. The lowest BCUT2D eigenvalue weighted by Gasteiger charge is -2.23. The Hall–Kier alpha value is -0.570. The van der Waals surface area contributed by atoms with Crippen molar-refractivity contribution >= 4 is 5.97 Å². The van der Waals surface area contributed by atoms with Crippen LogP contribution in [0, 0.1) is 0 Å². The number of rotatable bonds is 6. The van der Waals surface area contributed by atoms with Crippen molar-refractivity contribution in [1.82, 2.24) is 0 Å². The van der Waals surface area contributed by atoms with Gasteiger partial charge < -0.3 is 10.5 Å². The van der Waals surface area contributed by atoms with Gasteiger partial charge in [-0.25, -0.2) is 0 Å². The maximum atomic E-state index is 11.5. The summed E-state index contributed by atoms with van der Waals surface area (Å²) in [6, 6.07) is 0. The van der Waals surface area contributed by atoms with Gasteiger partial charge in [-0.3, -0.25) is 4.79 Å². The van der Waals surface area contributed by atoms with E-state index >= 15 is 0 Å². The van der Waals surface area contributed by atoms with Crippen molar-refractivity contribution in [2.45, 2.75) is 52.0 Å². The molecular formula is C10H21NO2. The first kappa shape index (κ1) is 12.4. The average Bonchev–Trinajstić information content (AvgIpc) is 2.17. The summed E-state index contributed by atoms with van der Waals surface area (Å²) in [5, 5.41) is 0. The lowest BCUT2D eigenvalue weighted by atomic mass is 9.95. The van der Waals surface area contributed by atoms with E-state index in [2.05, 4.69) is 6.92 Å². The average molecular weight is 187 g/mol. The van der Waals surface area contributed by atoms with Gasteiger partial charge in [0, 0.05) is 0 Å². The third kappa shape index (κ3) is 3.77. The first-order valence-corrected chi connectivity index (χ1v) is 5.06. The Labute approximate surface area is 80.6 Å². The number of esters is 1. The van der Waals surface area contributed by atoms with Gasteiger partial charge in [-0.1, -0.05) is 27.2 Å². The Balaban J connectivity index is 3.92. The molecule has 0 bridgehead atoms. The maximum Gasteiger partial charge on any atom is 0.326 e. The second-order valence-electron chi connectivity index (χ2n) is 3.35. The molecule has 0 radical (unpaired) electrons. The van der Waals surface area contributed by atoms with E-state index < -0.39 is 5.54 Å². The number of carbonyl (C=O) groups excluding carboxylic acids is 1. The van der Waals surface area contributed by atoms with Gasteiger partial charge in [0.15, 0.2) is 0 Å². The van der Waals surface area contributed by atoms with Crippen molar-refractivity contribution in [2.75, 3.05) is 6.61 Å². The van der Waals surface area contributed by atoms with E-state index in [1.54, 1.807) is 0 Å². The number of ether oxygens (including phenoxy) is 1. The van der Waals surface area contributed by atoms with Gasteiger partial charge in [0.05, 0.1) is 6.61 Å². The van der Waals surface area contributed by atoms with Gasteiger partial charge >= 0.3 is 5.97 Å². The zero-order valence-electron chi connectivity index (χ0n) is 8.93. The highest BCUT2D eigenvalue weighted by atomic mass is 16.5. The van der Waals surface area contributed by atoms with E-state index in [0.717, 1.165) is 12.8 Å². The predicted molar refractivity (Wildman–Crippen MR) is 53.4 cm³/mol. The number of unbranched alkanes of at least 4 members (excludes halogenated alkanes) is 1. The van der Waals surface area contributed by atoms with E-state index in [9.17, 15) is 4.79 Å². The highest BCUT2D eigenvalue weighted by Gasteiger charge is 2.31. The van der Waals surface area contributed by atoms with Crippen molar-refractivity contribution < 1.29 is 9.53 Å². The summed E-state index contributed by atoms with van der Waals surface area (Å²) in [6.07, 6.45) is 3.21. The van der Waals surface area contributed by atoms with Gasteiger partial charge in [-0.2, -0.15) is 0 Å². The number of hydrogen-bond donors (Lipinski definition) is 1. The standard InChI is InChI=1S/C10H21NO2/c1-4-7-8-13-9(12)10(11,5-2)6-3/h4-8,11H2,1-3H3. The Kier molecular flexibility index (Phi) is 5.71. The van der Waals surface area contributed by atoms with Crippen molar-refractivity contribution in [2.24, 2.45) is 5.73 Å². The van der Waals surface area contributed by atoms with Crippen LogP contribution in [0.25, 0.3) is 0 Å². The topological polar surface area (TPSA) is 52.3 Å². The van der Waals surface area contributed by atoms with Crippen LogP contribution in [0.1, 0.15) is 46.5 Å². The molecule has 3 nitrogen and oxygen atoms in total. The van der Waals surface area contributed by atoms with Crippen LogP contribution in [0.5, 0.6) is 0 Å². The van der Waals surface area contributed by atoms with Crippen LogP contribution in [0.3, 0.4) is 0 Å². The zero-order chi connectivity index (χ0) is 10.3. The molecule has 0 aliphatic heterocycles. The third-order valence-corrected chi connectivity index (χ3v) is 2.40. The summed E-state index contributed by atoms with van der Waals surface area (Å²) in [4.78, 5) is 11.5. The minimum atomic E-state index is -0.770. The van der Waals surface area contributed by atoms with Crippen molar-refractivity contribution in [3.63, 3.8) is 0 Å². The van der Waals surface area contributed by atoms with Crippen LogP contribution in [0.4, 0.5) is 0 Å². The molecule has 0 saturated carbocycles. The molecular weight excluding hydrogens is 166 g/mol. The van der Waals surface area contributed by atoms with Gasteiger partial charge in [0.1, 0.15) is 5.54 Å². The quantitative estimate of drug-likeness (QED) is 0.510. The SMILES string of the molecule is CCCCOC(=O)C(N)(CC)CC. The maximum absolute atomic E-state index is 11.5. The Morgan fingerprint density at radius 1 is 1.31 bits per heavy atom.